The Morgan fingerprint density at radius 3 is 2.77 bits per heavy atom. The van der Waals surface area contributed by atoms with E-state index in [0.717, 1.165) is 56.4 Å². The van der Waals surface area contributed by atoms with Gasteiger partial charge in [-0.3, -0.25) is 24.7 Å². The molecule has 0 aromatic carbocycles. The van der Waals surface area contributed by atoms with Gasteiger partial charge in [0.25, 0.3) is 0 Å². The number of carbonyl (C=O) groups excluding carboxylic acids is 3. The average molecular weight is 483 g/mol. The number of urea groups is 1. The molecule has 0 bridgehead atoms. The van der Waals surface area contributed by atoms with Crippen LogP contribution in [0.15, 0.2) is 24.5 Å². The highest BCUT2D eigenvalue weighted by atomic mass is 16.5. The monoisotopic (exact) mass is 482 g/mol. The van der Waals surface area contributed by atoms with Gasteiger partial charge in [-0.05, 0) is 30.5 Å². The lowest BCUT2D eigenvalue weighted by molar-refractivity contribution is -0.143. The summed E-state index contributed by atoms with van der Waals surface area (Å²) >= 11 is 0. The first-order valence-corrected chi connectivity index (χ1v) is 12.6. The maximum Gasteiger partial charge on any atom is 0.328 e. The van der Waals surface area contributed by atoms with Crippen LogP contribution in [0.4, 0.5) is 10.5 Å². The molecule has 2 aromatic heterocycles. The van der Waals surface area contributed by atoms with Crippen LogP contribution in [0.3, 0.4) is 0 Å². The minimum Gasteiger partial charge on any atom is -0.382 e. The Morgan fingerprint density at radius 1 is 1.17 bits per heavy atom. The summed E-state index contributed by atoms with van der Waals surface area (Å²) < 4.78 is 7.24. The quantitative estimate of drug-likeness (QED) is 0.676. The first-order chi connectivity index (χ1) is 17.0. The van der Waals surface area contributed by atoms with Crippen molar-refractivity contribution in [3.8, 4) is 0 Å². The van der Waals surface area contributed by atoms with Crippen molar-refractivity contribution in [2.45, 2.75) is 51.1 Å². The molecule has 10 heteroatoms. The fraction of sp³-hybridized carbons (Fsp3) is 0.600. The second kappa shape index (κ2) is 10.3. The van der Waals surface area contributed by atoms with E-state index in [1.807, 2.05) is 12.3 Å². The molecule has 0 unspecified atom stereocenters. The van der Waals surface area contributed by atoms with E-state index in [1.165, 1.54) is 6.42 Å². The van der Waals surface area contributed by atoms with E-state index in [1.54, 1.807) is 22.7 Å². The molecule has 1 saturated carbocycles. The molecule has 5 rings (SSSR count). The summed E-state index contributed by atoms with van der Waals surface area (Å²) in [5, 5.41) is 6.76. The SMILES string of the molecule is COC[C@H]1CN(Cc2ccn3ncc(N4CCC(=O)NC4=O)c3c2)CCN1C(=O)C1CCCCC1. The number of nitrogens with zero attached hydrogens (tertiary/aromatic N) is 5. The Labute approximate surface area is 205 Å². The molecule has 4 heterocycles. The van der Waals surface area contributed by atoms with E-state index < -0.39 is 6.03 Å². The topological polar surface area (TPSA) is 99.5 Å². The van der Waals surface area contributed by atoms with Crippen LogP contribution in [0.2, 0.25) is 0 Å². The van der Waals surface area contributed by atoms with Crippen molar-refractivity contribution < 1.29 is 19.1 Å². The Balaban J connectivity index is 1.28. The van der Waals surface area contributed by atoms with Crippen LogP contribution in [-0.2, 0) is 20.9 Å². The van der Waals surface area contributed by atoms with Crippen LogP contribution in [0.5, 0.6) is 0 Å². The van der Waals surface area contributed by atoms with Crippen molar-refractivity contribution in [3.05, 3.63) is 30.1 Å². The van der Waals surface area contributed by atoms with Gasteiger partial charge < -0.3 is 9.64 Å². The van der Waals surface area contributed by atoms with Gasteiger partial charge in [0, 0.05) is 58.4 Å². The van der Waals surface area contributed by atoms with Crippen molar-refractivity contribution in [1.29, 1.82) is 0 Å². The predicted molar refractivity (Wildman–Crippen MR) is 130 cm³/mol. The maximum absolute atomic E-state index is 13.2. The average Bonchev–Trinajstić information content (AvgIpc) is 3.28. The number of carbonyl (C=O) groups is 3. The van der Waals surface area contributed by atoms with Crippen LogP contribution in [-0.4, -0.2) is 83.2 Å². The minimum atomic E-state index is -0.414. The number of methoxy groups -OCH3 is 1. The van der Waals surface area contributed by atoms with Gasteiger partial charge in [-0.25, -0.2) is 9.31 Å². The van der Waals surface area contributed by atoms with Crippen molar-refractivity contribution in [1.82, 2.24) is 24.7 Å². The summed E-state index contributed by atoms with van der Waals surface area (Å²) in [4.78, 5) is 43.1. The minimum absolute atomic E-state index is 0.0482. The molecule has 1 atom stereocenters. The highest BCUT2D eigenvalue weighted by Crippen LogP contribution is 2.28. The molecule has 4 amide bonds. The van der Waals surface area contributed by atoms with Gasteiger partial charge in [0.1, 0.15) is 0 Å². The Bertz CT molecular complexity index is 1090. The molecule has 0 radical (unpaired) electrons. The predicted octanol–water partition coefficient (Wildman–Crippen LogP) is 2.02. The Hall–Kier alpha value is -2.98. The number of nitrogens with one attached hydrogen (secondary N) is 1. The van der Waals surface area contributed by atoms with Crippen molar-refractivity contribution in [2.75, 3.05) is 44.8 Å². The lowest BCUT2D eigenvalue weighted by Crippen LogP contribution is -2.57. The van der Waals surface area contributed by atoms with Crippen LogP contribution in [0.25, 0.3) is 5.52 Å². The van der Waals surface area contributed by atoms with E-state index in [9.17, 15) is 14.4 Å². The molecule has 1 N–H and O–H groups in total. The molecule has 1 aliphatic carbocycles. The lowest BCUT2D eigenvalue weighted by atomic mass is 9.87. The Kier molecular flexibility index (Phi) is 7.01. The molecule has 2 aliphatic heterocycles. The van der Waals surface area contributed by atoms with Crippen LogP contribution in [0, 0.1) is 5.92 Å². The zero-order valence-electron chi connectivity index (χ0n) is 20.3. The molecule has 188 valence electrons. The lowest BCUT2D eigenvalue weighted by Gasteiger charge is -2.43. The second-order valence-electron chi connectivity index (χ2n) is 9.86. The molecule has 3 fully saturated rings. The number of hydrogen-bond donors (Lipinski definition) is 1. The van der Waals surface area contributed by atoms with Gasteiger partial charge >= 0.3 is 6.03 Å². The zero-order chi connectivity index (χ0) is 24.4. The summed E-state index contributed by atoms with van der Waals surface area (Å²) in [7, 11) is 1.70. The summed E-state index contributed by atoms with van der Waals surface area (Å²) in [6.07, 6.45) is 9.40. The molecule has 2 aromatic rings. The standard InChI is InChI=1S/C25H34N6O4/c1-35-17-20-16-28(11-12-29(20)24(33)19-5-3-2-4-6-19)15-18-7-10-31-21(13-18)22(14-26-31)30-9-8-23(32)27-25(30)34/h7,10,13-14,19-20H,2-6,8-9,11-12,15-17H2,1H3,(H,27,32,34)/t20-/m1/s1. The third kappa shape index (κ3) is 5.04. The van der Waals surface area contributed by atoms with E-state index in [0.29, 0.717) is 31.3 Å². The molecule has 10 nitrogen and oxygen atoms in total. The van der Waals surface area contributed by atoms with E-state index in [-0.39, 0.29) is 24.3 Å². The van der Waals surface area contributed by atoms with Crippen molar-refractivity contribution >= 4 is 29.0 Å². The number of aromatic nitrogens is 2. The van der Waals surface area contributed by atoms with Gasteiger partial charge in [-0.1, -0.05) is 19.3 Å². The summed E-state index contributed by atoms with van der Waals surface area (Å²) in [5.41, 5.74) is 2.62. The highest BCUT2D eigenvalue weighted by Gasteiger charge is 2.34. The number of hydrogen-bond acceptors (Lipinski definition) is 6. The third-order valence-electron chi connectivity index (χ3n) is 7.48. The normalized spacial score (nSPS) is 22.6. The molecule has 3 aliphatic rings. The first-order valence-electron chi connectivity index (χ1n) is 12.6. The molecule has 0 spiro atoms. The summed E-state index contributed by atoms with van der Waals surface area (Å²) in [6, 6.07) is 3.72. The first kappa shape index (κ1) is 23.7. The summed E-state index contributed by atoms with van der Waals surface area (Å²) in [6.45, 7) is 3.89. The maximum atomic E-state index is 13.2. The smallest absolute Gasteiger partial charge is 0.328 e. The van der Waals surface area contributed by atoms with E-state index in [2.05, 4.69) is 26.3 Å². The van der Waals surface area contributed by atoms with Crippen molar-refractivity contribution in [2.24, 2.45) is 5.92 Å². The number of fused-ring (bicyclic) bond motifs is 1. The third-order valence-corrected chi connectivity index (χ3v) is 7.48. The van der Waals surface area contributed by atoms with Crippen LogP contribution in [0.1, 0.15) is 44.1 Å². The number of piperazine rings is 1. The number of imide groups is 1. The number of ether oxygens (including phenoxy) is 1. The number of anilines is 1. The molecule has 2 saturated heterocycles. The second-order valence-corrected chi connectivity index (χ2v) is 9.86. The molecule has 35 heavy (non-hydrogen) atoms. The Morgan fingerprint density at radius 2 is 2.00 bits per heavy atom. The van der Waals surface area contributed by atoms with Gasteiger partial charge in [-0.15, -0.1) is 0 Å². The van der Waals surface area contributed by atoms with Gasteiger partial charge in [0.15, 0.2) is 0 Å². The zero-order valence-corrected chi connectivity index (χ0v) is 20.3. The fourth-order valence-electron chi connectivity index (χ4n) is 5.64. The molecular weight excluding hydrogens is 448 g/mol. The van der Waals surface area contributed by atoms with Gasteiger partial charge in [0.2, 0.25) is 11.8 Å². The largest absolute Gasteiger partial charge is 0.382 e. The van der Waals surface area contributed by atoms with E-state index >= 15 is 0 Å². The number of pyridine rings is 1. The number of amides is 4. The van der Waals surface area contributed by atoms with Crippen molar-refractivity contribution in [3.63, 3.8) is 0 Å². The van der Waals surface area contributed by atoms with Crippen LogP contribution >= 0.6 is 0 Å². The number of rotatable bonds is 6. The molecular formula is C25H34N6O4. The van der Waals surface area contributed by atoms with Gasteiger partial charge in [-0.2, -0.15) is 5.10 Å². The highest BCUT2D eigenvalue weighted by molar-refractivity contribution is 6.07. The van der Waals surface area contributed by atoms with Crippen LogP contribution < -0.4 is 10.2 Å². The van der Waals surface area contributed by atoms with Gasteiger partial charge in [0.05, 0.1) is 30.0 Å². The van der Waals surface area contributed by atoms with E-state index in [4.69, 9.17) is 4.74 Å². The fourth-order valence-corrected chi connectivity index (χ4v) is 5.64. The summed E-state index contributed by atoms with van der Waals surface area (Å²) in [5.74, 6) is 0.213.